The van der Waals surface area contributed by atoms with Crippen LogP contribution in [0.2, 0.25) is 0 Å². The van der Waals surface area contributed by atoms with Crippen LogP contribution < -0.4 is 0 Å². The zero-order valence-electron chi connectivity index (χ0n) is 12.1. The average Bonchev–Trinajstić information content (AvgIpc) is 2.48. The van der Waals surface area contributed by atoms with Gasteiger partial charge in [-0.1, -0.05) is 18.8 Å². The summed E-state index contributed by atoms with van der Waals surface area (Å²) in [6.07, 6.45) is 1.05. The van der Waals surface area contributed by atoms with Crippen LogP contribution in [0.4, 0.5) is 4.39 Å². The van der Waals surface area contributed by atoms with Crippen LogP contribution in [0.1, 0.15) is 35.7 Å². The Labute approximate surface area is 124 Å². The first-order valence-corrected chi connectivity index (χ1v) is 6.93. The molecular formula is C16H20FNO3. The molecule has 0 aliphatic heterocycles. The van der Waals surface area contributed by atoms with Gasteiger partial charge >= 0.3 is 0 Å². The number of aliphatic hydroxyl groups is 2. The molecule has 114 valence electrons. The Balaban J connectivity index is 3.02. The van der Waals surface area contributed by atoms with Gasteiger partial charge in [-0.05, 0) is 24.6 Å². The van der Waals surface area contributed by atoms with Crippen molar-refractivity contribution < 1.29 is 19.4 Å². The number of rotatable bonds is 6. The van der Waals surface area contributed by atoms with E-state index in [1.807, 2.05) is 6.92 Å². The molecule has 0 aliphatic rings. The molecule has 2 N–H and O–H groups in total. The Morgan fingerprint density at radius 3 is 2.67 bits per heavy atom. The van der Waals surface area contributed by atoms with Crippen LogP contribution in [-0.4, -0.2) is 47.3 Å². The predicted octanol–water partition coefficient (Wildman–Crippen LogP) is 1.40. The molecule has 1 aromatic rings. The largest absolute Gasteiger partial charge is 0.395 e. The van der Waals surface area contributed by atoms with Crippen molar-refractivity contribution in [2.24, 2.45) is 0 Å². The number of amides is 1. The molecular weight excluding hydrogens is 273 g/mol. The summed E-state index contributed by atoms with van der Waals surface area (Å²) in [6.45, 7) is 2.33. The first-order chi connectivity index (χ1) is 10.1. The summed E-state index contributed by atoms with van der Waals surface area (Å²) in [6, 6.07) is 4.11. The van der Waals surface area contributed by atoms with E-state index in [0.717, 1.165) is 6.42 Å². The molecule has 1 amide bonds. The number of halogens is 1. The smallest absolute Gasteiger partial charge is 0.256 e. The van der Waals surface area contributed by atoms with Crippen molar-refractivity contribution in [2.45, 2.75) is 19.8 Å². The van der Waals surface area contributed by atoms with E-state index in [9.17, 15) is 9.18 Å². The molecule has 0 bridgehead atoms. The molecule has 0 saturated carbocycles. The Morgan fingerprint density at radius 2 is 2.05 bits per heavy atom. The monoisotopic (exact) mass is 293 g/mol. The van der Waals surface area contributed by atoms with E-state index in [1.165, 1.54) is 23.1 Å². The van der Waals surface area contributed by atoms with Crippen LogP contribution in [0, 0.1) is 17.7 Å². The van der Waals surface area contributed by atoms with E-state index in [1.54, 1.807) is 0 Å². The normalized spacial score (nSPS) is 9.90. The molecule has 5 heteroatoms. The van der Waals surface area contributed by atoms with Gasteiger partial charge in [-0.25, -0.2) is 4.39 Å². The SMILES string of the molecule is CCCN(CCO)C(=O)c1cc(C#CCCO)ccc1F. The maximum Gasteiger partial charge on any atom is 0.256 e. The van der Waals surface area contributed by atoms with E-state index >= 15 is 0 Å². The number of benzene rings is 1. The maximum absolute atomic E-state index is 13.9. The lowest BCUT2D eigenvalue weighted by atomic mass is 10.1. The zero-order chi connectivity index (χ0) is 15.7. The van der Waals surface area contributed by atoms with Crippen LogP contribution in [0.25, 0.3) is 0 Å². The van der Waals surface area contributed by atoms with E-state index in [-0.39, 0.29) is 25.3 Å². The van der Waals surface area contributed by atoms with Crippen molar-refractivity contribution in [3.63, 3.8) is 0 Å². The van der Waals surface area contributed by atoms with Crippen LogP contribution in [0.5, 0.6) is 0 Å². The van der Waals surface area contributed by atoms with Crippen LogP contribution in [0.15, 0.2) is 18.2 Å². The Kier molecular flexibility index (Phi) is 7.44. The summed E-state index contributed by atoms with van der Waals surface area (Å²) >= 11 is 0. The molecule has 0 fully saturated rings. The number of nitrogens with zero attached hydrogens (tertiary/aromatic N) is 1. The van der Waals surface area contributed by atoms with Gasteiger partial charge in [-0.15, -0.1) is 0 Å². The lowest BCUT2D eigenvalue weighted by Gasteiger charge is -2.21. The van der Waals surface area contributed by atoms with Crippen LogP contribution in [0.3, 0.4) is 0 Å². The molecule has 0 unspecified atom stereocenters. The fraction of sp³-hybridized carbons (Fsp3) is 0.438. The van der Waals surface area contributed by atoms with Crippen LogP contribution >= 0.6 is 0 Å². The minimum Gasteiger partial charge on any atom is -0.395 e. The molecule has 0 heterocycles. The van der Waals surface area contributed by atoms with Gasteiger partial charge < -0.3 is 15.1 Å². The number of aliphatic hydroxyl groups excluding tert-OH is 2. The third-order valence-electron chi connectivity index (χ3n) is 2.82. The maximum atomic E-state index is 13.9. The predicted molar refractivity (Wildman–Crippen MR) is 78.3 cm³/mol. The molecule has 0 aromatic heterocycles. The fourth-order valence-corrected chi connectivity index (χ4v) is 1.86. The highest BCUT2D eigenvalue weighted by atomic mass is 19.1. The average molecular weight is 293 g/mol. The van der Waals surface area contributed by atoms with Crippen molar-refractivity contribution in [3.05, 3.63) is 35.1 Å². The molecule has 0 aliphatic carbocycles. The molecule has 4 nitrogen and oxygen atoms in total. The van der Waals surface area contributed by atoms with Gasteiger partial charge in [0.1, 0.15) is 5.82 Å². The number of carbonyl (C=O) groups excluding carboxylic acids is 1. The molecule has 1 rings (SSSR count). The van der Waals surface area contributed by atoms with Gasteiger partial charge in [0.2, 0.25) is 0 Å². The number of hydrogen-bond acceptors (Lipinski definition) is 3. The third kappa shape index (κ3) is 5.18. The van der Waals surface area contributed by atoms with Gasteiger partial charge in [-0.2, -0.15) is 0 Å². The van der Waals surface area contributed by atoms with Gasteiger partial charge in [0.25, 0.3) is 5.91 Å². The van der Waals surface area contributed by atoms with Gasteiger partial charge in [0.15, 0.2) is 0 Å². The summed E-state index contributed by atoms with van der Waals surface area (Å²) in [5.74, 6) is 4.45. The van der Waals surface area contributed by atoms with E-state index in [4.69, 9.17) is 10.2 Å². The van der Waals surface area contributed by atoms with Gasteiger partial charge in [0.05, 0.1) is 18.8 Å². The summed E-state index contributed by atoms with van der Waals surface area (Å²) in [5.41, 5.74) is 0.473. The summed E-state index contributed by atoms with van der Waals surface area (Å²) in [7, 11) is 0. The third-order valence-corrected chi connectivity index (χ3v) is 2.82. The second-order valence-electron chi connectivity index (χ2n) is 4.49. The molecule has 0 spiro atoms. The standard InChI is InChI=1S/C16H20FNO3/c1-2-8-18(9-11-20)16(21)14-12-13(5-3-4-10-19)6-7-15(14)17/h6-7,12,19-20H,2,4,8-11H2,1H3. The minimum absolute atomic E-state index is 0.0409. The summed E-state index contributed by atoms with van der Waals surface area (Å²) in [4.78, 5) is 13.7. The zero-order valence-corrected chi connectivity index (χ0v) is 12.1. The second kappa shape index (κ2) is 9.11. The van der Waals surface area contributed by atoms with Gasteiger partial charge in [-0.3, -0.25) is 4.79 Å². The van der Waals surface area contributed by atoms with E-state index < -0.39 is 11.7 Å². The van der Waals surface area contributed by atoms with Crippen molar-refractivity contribution >= 4 is 5.91 Å². The van der Waals surface area contributed by atoms with Crippen LogP contribution in [-0.2, 0) is 0 Å². The van der Waals surface area contributed by atoms with E-state index in [2.05, 4.69) is 11.8 Å². The Bertz CT molecular complexity index is 528. The Morgan fingerprint density at radius 1 is 1.29 bits per heavy atom. The van der Waals surface area contributed by atoms with Gasteiger partial charge in [0, 0.05) is 25.1 Å². The highest BCUT2D eigenvalue weighted by Crippen LogP contribution is 2.13. The fourth-order valence-electron chi connectivity index (χ4n) is 1.86. The topological polar surface area (TPSA) is 60.8 Å². The van der Waals surface area contributed by atoms with Crippen molar-refractivity contribution in [1.29, 1.82) is 0 Å². The molecule has 0 saturated heterocycles. The number of carbonyl (C=O) groups is 1. The molecule has 1 aromatic carbocycles. The summed E-state index contributed by atoms with van der Waals surface area (Å²) in [5, 5.41) is 17.7. The second-order valence-corrected chi connectivity index (χ2v) is 4.49. The lowest BCUT2D eigenvalue weighted by Crippen LogP contribution is -2.34. The molecule has 21 heavy (non-hydrogen) atoms. The summed E-state index contributed by atoms with van der Waals surface area (Å²) < 4.78 is 13.9. The highest BCUT2D eigenvalue weighted by Gasteiger charge is 2.18. The quantitative estimate of drug-likeness (QED) is 0.780. The van der Waals surface area contributed by atoms with Crippen molar-refractivity contribution in [2.75, 3.05) is 26.3 Å². The Hall–Kier alpha value is -1.90. The molecule has 0 radical (unpaired) electrons. The lowest BCUT2D eigenvalue weighted by molar-refractivity contribution is 0.0717. The van der Waals surface area contributed by atoms with E-state index in [0.29, 0.717) is 18.5 Å². The van der Waals surface area contributed by atoms with Crippen molar-refractivity contribution in [1.82, 2.24) is 4.90 Å². The molecule has 0 atom stereocenters. The first kappa shape index (κ1) is 17.2. The number of hydrogen-bond donors (Lipinski definition) is 2. The highest BCUT2D eigenvalue weighted by molar-refractivity contribution is 5.94. The minimum atomic E-state index is -0.605. The first-order valence-electron chi connectivity index (χ1n) is 6.93. The van der Waals surface area contributed by atoms with Crippen molar-refractivity contribution in [3.8, 4) is 11.8 Å².